The minimum absolute atomic E-state index is 0.0559. The van der Waals surface area contributed by atoms with Crippen molar-refractivity contribution >= 4 is 31.6 Å². The Morgan fingerprint density at radius 3 is 2.21 bits per heavy atom. The first kappa shape index (κ1) is 20.5. The fraction of sp³-hybridized carbons (Fsp3) is 0.278. The molecule has 1 aliphatic heterocycles. The van der Waals surface area contributed by atoms with E-state index in [2.05, 4.69) is 5.32 Å². The number of carbonyl (C=O) groups excluding carboxylic acids is 1. The van der Waals surface area contributed by atoms with Crippen molar-refractivity contribution in [3.05, 3.63) is 54.1 Å². The van der Waals surface area contributed by atoms with Crippen molar-refractivity contribution in [3.63, 3.8) is 0 Å². The summed E-state index contributed by atoms with van der Waals surface area (Å²) in [5, 5.41) is 7.66. The summed E-state index contributed by atoms with van der Waals surface area (Å²) in [6, 6.07) is 11.3. The first-order valence-corrected chi connectivity index (χ1v) is 11.7. The number of sulfonamides is 2. The van der Waals surface area contributed by atoms with Gasteiger partial charge in [0.2, 0.25) is 20.0 Å². The first-order valence-electron chi connectivity index (χ1n) is 8.72. The van der Waals surface area contributed by atoms with Crippen LogP contribution in [-0.4, -0.2) is 40.1 Å². The molecule has 0 aromatic heterocycles. The van der Waals surface area contributed by atoms with E-state index >= 15 is 0 Å². The number of piperidine rings is 1. The van der Waals surface area contributed by atoms with Crippen molar-refractivity contribution in [1.29, 1.82) is 0 Å². The molecular formula is C18H21N3O5S2. The van der Waals surface area contributed by atoms with Gasteiger partial charge in [0.05, 0.1) is 9.79 Å². The molecule has 0 saturated carbocycles. The summed E-state index contributed by atoms with van der Waals surface area (Å²) in [4.78, 5) is 12.5. The van der Waals surface area contributed by atoms with Gasteiger partial charge in [-0.1, -0.05) is 18.6 Å². The molecule has 10 heteroatoms. The van der Waals surface area contributed by atoms with Gasteiger partial charge < -0.3 is 5.32 Å². The second kappa shape index (κ2) is 8.00. The molecule has 2 aromatic rings. The maximum atomic E-state index is 12.8. The third-order valence-electron chi connectivity index (χ3n) is 4.47. The number of nitrogens with zero attached hydrogens (tertiary/aromatic N) is 1. The third kappa shape index (κ3) is 4.58. The van der Waals surface area contributed by atoms with E-state index in [1.807, 2.05) is 0 Å². The van der Waals surface area contributed by atoms with Gasteiger partial charge in [0, 0.05) is 24.3 Å². The molecule has 1 amide bonds. The van der Waals surface area contributed by atoms with Crippen molar-refractivity contribution in [2.75, 3.05) is 18.4 Å². The summed E-state index contributed by atoms with van der Waals surface area (Å²) in [7, 11) is -7.56. The van der Waals surface area contributed by atoms with Crippen LogP contribution in [0.2, 0.25) is 0 Å². The monoisotopic (exact) mass is 423 g/mol. The Morgan fingerprint density at radius 1 is 0.893 bits per heavy atom. The number of carbonyl (C=O) groups is 1. The highest BCUT2D eigenvalue weighted by atomic mass is 32.2. The number of nitrogens with two attached hydrogens (primary N) is 1. The number of amides is 1. The molecule has 0 unspecified atom stereocenters. The lowest BCUT2D eigenvalue weighted by Crippen LogP contribution is -2.35. The van der Waals surface area contributed by atoms with Crippen LogP contribution in [0.15, 0.2) is 58.3 Å². The van der Waals surface area contributed by atoms with Crippen LogP contribution in [0, 0.1) is 0 Å². The zero-order valence-corrected chi connectivity index (χ0v) is 16.7. The maximum absolute atomic E-state index is 12.8. The second-order valence-electron chi connectivity index (χ2n) is 6.52. The maximum Gasteiger partial charge on any atom is 0.255 e. The van der Waals surface area contributed by atoms with Gasteiger partial charge in [-0.25, -0.2) is 22.0 Å². The number of nitrogens with one attached hydrogen (secondary N) is 1. The Hall–Kier alpha value is -2.27. The Labute approximate surface area is 164 Å². The van der Waals surface area contributed by atoms with Crippen LogP contribution in [-0.2, 0) is 20.0 Å². The highest BCUT2D eigenvalue weighted by Crippen LogP contribution is 2.22. The minimum Gasteiger partial charge on any atom is -0.322 e. The molecule has 0 bridgehead atoms. The minimum atomic E-state index is -3.90. The number of primary sulfonamides is 1. The van der Waals surface area contributed by atoms with E-state index in [4.69, 9.17) is 5.14 Å². The number of anilines is 1. The predicted molar refractivity (Wildman–Crippen MR) is 105 cm³/mol. The van der Waals surface area contributed by atoms with Crippen LogP contribution >= 0.6 is 0 Å². The van der Waals surface area contributed by atoms with Crippen molar-refractivity contribution < 1.29 is 21.6 Å². The normalized spacial score (nSPS) is 15.9. The molecule has 1 fully saturated rings. The highest BCUT2D eigenvalue weighted by Gasteiger charge is 2.26. The smallest absolute Gasteiger partial charge is 0.255 e. The standard InChI is InChI=1S/C18H21N3O5S2/c19-27(23,24)16-8-5-7-15(13-16)20-18(22)14-6-4-9-17(12-14)28(25,26)21-10-2-1-3-11-21/h4-9,12-13H,1-3,10-11H2,(H,20,22)(H2,19,23,24). The van der Waals surface area contributed by atoms with Crippen molar-refractivity contribution in [3.8, 4) is 0 Å². The molecular weight excluding hydrogens is 402 g/mol. The lowest BCUT2D eigenvalue weighted by Gasteiger charge is -2.26. The highest BCUT2D eigenvalue weighted by molar-refractivity contribution is 7.89. The van der Waals surface area contributed by atoms with Crippen molar-refractivity contribution in [1.82, 2.24) is 4.31 Å². The van der Waals surface area contributed by atoms with Gasteiger partial charge in [0.15, 0.2) is 0 Å². The molecule has 3 N–H and O–H groups in total. The Bertz CT molecular complexity index is 1090. The van der Waals surface area contributed by atoms with Crippen molar-refractivity contribution in [2.45, 2.75) is 29.1 Å². The SMILES string of the molecule is NS(=O)(=O)c1cccc(NC(=O)c2cccc(S(=O)(=O)N3CCCCC3)c2)c1. The summed E-state index contributed by atoms with van der Waals surface area (Å²) < 4.78 is 49.9. The fourth-order valence-corrected chi connectivity index (χ4v) is 5.13. The zero-order chi connectivity index (χ0) is 20.4. The van der Waals surface area contributed by atoms with Gasteiger partial charge >= 0.3 is 0 Å². The number of hydrogen-bond acceptors (Lipinski definition) is 5. The van der Waals surface area contributed by atoms with Crippen LogP contribution in [0.5, 0.6) is 0 Å². The Balaban J connectivity index is 1.83. The van der Waals surface area contributed by atoms with Gasteiger partial charge in [0.1, 0.15) is 0 Å². The van der Waals surface area contributed by atoms with Gasteiger partial charge in [-0.3, -0.25) is 4.79 Å². The first-order chi connectivity index (χ1) is 13.2. The quantitative estimate of drug-likeness (QED) is 0.758. The van der Waals surface area contributed by atoms with E-state index in [9.17, 15) is 21.6 Å². The summed E-state index contributed by atoms with van der Waals surface area (Å²) in [6.45, 7) is 0.943. The molecule has 28 heavy (non-hydrogen) atoms. The zero-order valence-electron chi connectivity index (χ0n) is 15.0. The average molecular weight is 424 g/mol. The summed E-state index contributed by atoms with van der Waals surface area (Å²) >= 11 is 0. The molecule has 3 rings (SSSR count). The average Bonchev–Trinajstić information content (AvgIpc) is 2.68. The van der Waals surface area contributed by atoms with E-state index in [-0.39, 0.29) is 21.0 Å². The molecule has 2 aromatic carbocycles. The second-order valence-corrected chi connectivity index (χ2v) is 10.0. The van der Waals surface area contributed by atoms with E-state index in [1.54, 1.807) is 0 Å². The summed E-state index contributed by atoms with van der Waals surface area (Å²) in [5.41, 5.74) is 0.389. The topological polar surface area (TPSA) is 127 Å². The number of benzene rings is 2. The molecule has 1 aliphatic rings. The van der Waals surface area contributed by atoms with Crippen LogP contribution < -0.4 is 10.5 Å². The van der Waals surface area contributed by atoms with Crippen LogP contribution in [0.25, 0.3) is 0 Å². The molecule has 1 heterocycles. The van der Waals surface area contributed by atoms with Gasteiger partial charge in [0.25, 0.3) is 5.91 Å². The molecule has 150 valence electrons. The molecule has 0 radical (unpaired) electrons. The van der Waals surface area contributed by atoms with Gasteiger partial charge in [-0.05, 0) is 49.2 Å². The van der Waals surface area contributed by atoms with E-state index < -0.39 is 26.0 Å². The summed E-state index contributed by atoms with van der Waals surface area (Å²) in [6.07, 6.45) is 2.64. The molecule has 0 atom stereocenters. The lowest BCUT2D eigenvalue weighted by molar-refractivity contribution is 0.102. The Kier molecular flexibility index (Phi) is 5.84. The Morgan fingerprint density at radius 2 is 1.54 bits per heavy atom. The summed E-state index contributed by atoms with van der Waals surface area (Å²) in [5.74, 6) is -0.553. The van der Waals surface area contributed by atoms with E-state index in [0.717, 1.165) is 19.3 Å². The largest absolute Gasteiger partial charge is 0.322 e. The number of rotatable bonds is 5. The third-order valence-corrected chi connectivity index (χ3v) is 7.28. The van der Waals surface area contributed by atoms with Gasteiger partial charge in [-0.15, -0.1) is 0 Å². The molecule has 8 nitrogen and oxygen atoms in total. The van der Waals surface area contributed by atoms with Crippen LogP contribution in [0.1, 0.15) is 29.6 Å². The lowest BCUT2D eigenvalue weighted by atomic mass is 10.2. The van der Waals surface area contributed by atoms with Gasteiger partial charge in [-0.2, -0.15) is 4.31 Å². The molecule has 0 aliphatic carbocycles. The van der Waals surface area contributed by atoms with Crippen LogP contribution in [0.3, 0.4) is 0 Å². The van der Waals surface area contributed by atoms with Crippen LogP contribution in [0.4, 0.5) is 5.69 Å². The van der Waals surface area contributed by atoms with E-state index in [0.29, 0.717) is 13.1 Å². The molecule has 1 saturated heterocycles. The number of hydrogen-bond donors (Lipinski definition) is 2. The van der Waals surface area contributed by atoms with E-state index in [1.165, 1.54) is 52.8 Å². The van der Waals surface area contributed by atoms with Crippen molar-refractivity contribution in [2.24, 2.45) is 5.14 Å². The predicted octanol–water partition coefficient (Wildman–Crippen LogP) is 1.76. The fourth-order valence-electron chi connectivity index (χ4n) is 3.01. The molecule has 0 spiro atoms.